The summed E-state index contributed by atoms with van der Waals surface area (Å²) in [4.78, 5) is 14.8. The summed E-state index contributed by atoms with van der Waals surface area (Å²) in [5, 5.41) is 12.7. The number of likely N-dealkylation sites (tertiary alicyclic amines) is 1. The van der Waals surface area contributed by atoms with Gasteiger partial charge in [0.2, 0.25) is 5.13 Å². The lowest BCUT2D eigenvalue weighted by atomic mass is 10.1. The molecule has 1 N–H and O–H groups in total. The van der Waals surface area contributed by atoms with Crippen molar-refractivity contribution in [3.8, 4) is 0 Å². The average Bonchev–Trinajstić information content (AvgIpc) is 3.36. The molecule has 4 rings (SSSR count). The number of hydrogen-bond acceptors (Lipinski definition) is 5. The Morgan fingerprint density at radius 1 is 1.12 bits per heavy atom. The van der Waals surface area contributed by atoms with Gasteiger partial charge in [-0.3, -0.25) is 15.0 Å². The van der Waals surface area contributed by atoms with Crippen LogP contribution in [0.3, 0.4) is 0 Å². The van der Waals surface area contributed by atoms with Gasteiger partial charge in [0, 0.05) is 18.0 Å². The number of nitrogens with zero attached hydrogens (tertiary/aromatic N) is 3. The number of benzene rings is 1. The fourth-order valence-corrected chi connectivity index (χ4v) is 3.99. The molecule has 2 heterocycles. The summed E-state index contributed by atoms with van der Waals surface area (Å²) in [5.41, 5.74) is 1.93. The van der Waals surface area contributed by atoms with Crippen molar-refractivity contribution in [3.63, 3.8) is 0 Å². The number of anilines is 1. The van der Waals surface area contributed by atoms with Gasteiger partial charge in [0.1, 0.15) is 5.01 Å². The van der Waals surface area contributed by atoms with Gasteiger partial charge in [-0.25, -0.2) is 0 Å². The van der Waals surface area contributed by atoms with Crippen molar-refractivity contribution in [1.29, 1.82) is 0 Å². The minimum atomic E-state index is -0.113. The van der Waals surface area contributed by atoms with Crippen LogP contribution in [0.15, 0.2) is 24.3 Å². The van der Waals surface area contributed by atoms with Gasteiger partial charge < -0.3 is 0 Å². The molecular weight excluding hydrogens is 320 g/mol. The molecule has 2 aromatic rings. The number of amides is 1. The highest BCUT2D eigenvalue weighted by atomic mass is 32.1. The number of aromatic nitrogens is 2. The second-order valence-electron chi connectivity index (χ2n) is 6.71. The van der Waals surface area contributed by atoms with Crippen LogP contribution >= 0.6 is 11.3 Å². The summed E-state index contributed by atoms with van der Waals surface area (Å²) < 4.78 is 0. The number of piperidine rings is 1. The second kappa shape index (κ2) is 6.99. The minimum absolute atomic E-state index is 0.113. The topological polar surface area (TPSA) is 58.1 Å². The van der Waals surface area contributed by atoms with Crippen LogP contribution in [-0.4, -0.2) is 34.1 Å². The molecule has 0 atom stereocenters. The zero-order chi connectivity index (χ0) is 16.4. The fourth-order valence-electron chi connectivity index (χ4n) is 3.09. The maximum atomic E-state index is 12.3. The Kier molecular flexibility index (Phi) is 4.58. The minimum Gasteiger partial charge on any atom is -0.299 e. The molecule has 2 fully saturated rings. The first-order chi connectivity index (χ1) is 11.8. The fraction of sp³-hybridized carbons (Fsp3) is 0.500. The molecule has 0 bridgehead atoms. The third-order valence-corrected chi connectivity index (χ3v) is 5.66. The molecule has 126 valence electrons. The molecule has 0 unspecified atom stereocenters. The lowest BCUT2D eigenvalue weighted by Crippen LogP contribution is -2.29. The van der Waals surface area contributed by atoms with Gasteiger partial charge in [-0.05, 0) is 56.5 Å². The molecule has 1 aromatic carbocycles. The first-order valence-electron chi connectivity index (χ1n) is 8.74. The largest absolute Gasteiger partial charge is 0.299 e. The first-order valence-corrected chi connectivity index (χ1v) is 9.55. The number of carbonyl (C=O) groups is 1. The zero-order valence-corrected chi connectivity index (χ0v) is 14.5. The smallest absolute Gasteiger partial charge is 0.257 e. The quantitative estimate of drug-likeness (QED) is 0.901. The molecular formula is C18H22N4OS. The summed E-state index contributed by atoms with van der Waals surface area (Å²) in [6, 6.07) is 7.91. The van der Waals surface area contributed by atoms with Crippen LogP contribution in [0, 0.1) is 0 Å². The highest BCUT2D eigenvalue weighted by molar-refractivity contribution is 7.15. The Hall–Kier alpha value is -1.79. The van der Waals surface area contributed by atoms with Crippen LogP contribution in [0.25, 0.3) is 0 Å². The van der Waals surface area contributed by atoms with Crippen molar-refractivity contribution < 1.29 is 4.79 Å². The molecule has 1 aromatic heterocycles. The van der Waals surface area contributed by atoms with E-state index in [9.17, 15) is 4.79 Å². The summed E-state index contributed by atoms with van der Waals surface area (Å²) in [7, 11) is 0. The van der Waals surface area contributed by atoms with Crippen molar-refractivity contribution in [3.05, 3.63) is 40.4 Å². The zero-order valence-electron chi connectivity index (χ0n) is 13.7. The van der Waals surface area contributed by atoms with Gasteiger partial charge in [0.05, 0.1) is 0 Å². The summed E-state index contributed by atoms with van der Waals surface area (Å²) in [6.07, 6.45) is 6.34. The number of nitrogens with one attached hydrogen (secondary N) is 1. The van der Waals surface area contributed by atoms with Gasteiger partial charge in [0.25, 0.3) is 5.91 Å². The Morgan fingerprint density at radius 3 is 2.58 bits per heavy atom. The molecule has 1 saturated carbocycles. The van der Waals surface area contributed by atoms with E-state index in [-0.39, 0.29) is 5.91 Å². The van der Waals surface area contributed by atoms with E-state index in [4.69, 9.17) is 0 Å². The van der Waals surface area contributed by atoms with Crippen LogP contribution in [0.1, 0.15) is 59.0 Å². The van der Waals surface area contributed by atoms with Crippen LogP contribution in [0.2, 0.25) is 0 Å². The second-order valence-corrected chi connectivity index (χ2v) is 7.72. The molecule has 1 aliphatic heterocycles. The van der Waals surface area contributed by atoms with Crippen LogP contribution in [0.4, 0.5) is 5.13 Å². The molecule has 0 radical (unpaired) electrons. The van der Waals surface area contributed by atoms with E-state index in [0.717, 1.165) is 11.6 Å². The summed E-state index contributed by atoms with van der Waals surface area (Å²) in [6.45, 7) is 3.34. The SMILES string of the molecule is O=C(Nc1nnc(C2CC2)s1)c1ccc(CN2CCCCC2)cc1. The molecule has 0 spiro atoms. The van der Waals surface area contributed by atoms with Gasteiger partial charge >= 0.3 is 0 Å². The van der Waals surface area contributed by atoms with Crippen molar-refractivity contribution in [2.45, 2.75) is 44.6 Å². The van der Waals surface area contributed by atoms with E-state index in [1.165, 1.54) is 62.1 Å². The van der Waals surface area contributed by atoms with E-state index in [2.05, 4.69) is 32.5 Å². The van der Waals surface area contributed by atoms with Crippen LogP contribution < -0.4 is 5.32 Å². The maximum Gasteiger partial charge on any atom is 0.257 e. The first kappa shape index (κ1) is 15.7. The Balaban J connectivity index is 1.35. The van der Waals surface area contributed by atoms with Crippen molar-refractivity contribution in [2.75, 3.05) is 18.4 Å². The predicted molar refractivity (Wildman–Crippen MR) is 95.4 cm³/mol. The number of hydrogen-bond donors (Lipinski definition) is 1. The molecule has 24 heavy (non-hydrogen) atoms. The molecule has 1 aliphatic carbocycles. The van der Waals surface area contributed by atoms with Crippen molar-refractivity contribution in [2.24, 2.45) is 0 Å². The van der Waals surface area contributed by atoms with E-state index < -0.39 is 0 Å². The normalized spacial score (nSPS) is 18.5. The van der Waals surface area contributed by atoms with E-state index in [1.54, 1.807) is 0 Å². The monoisotopic (exact) mass is 342 g/mol. The van der Waals surface area contributed by atoms with E-state index in [0.29, 0.717) is 16.6 Å². The van der Waals surface area contributed by atoms with Crippen molar-refractivity contribution >= 4 is 22.4 Å². The van der Waals surface area contributed by atoms with Crippen molar-refractivity contribution in [1.82, 2.24) is 15.1 Å². The molecule has 6 heteroatoms. The van der Waals surface area contributed by atoms with Gasteiger partial charge in [-0.2, -0.15) is 0 Å². The third kappa shape index (κ3) is 3.82. The van der Waals surface area contributed by atoms with Crippen LogP contribution in [-0.2, 0) is 6.54 Å². The highest BCUT2D eigenvalue weighted by Crippen LogP contribution is 2.42. The lowest BCUT2D eigenvalue weighted by molar-refractivity contribution is 0.102. The third-order valence-electron chi connectivity index (χ3n) is 4.66. The Morgan fingerprint density at radius 2 is 1.88 bits per heavy atom. The Bertz CT molecular complexity index is 702. The van der Waals surface area contributed by atoms with Gasteiger partial charge in [0.15, 0.2) is 0 Å². The van der Waals surface area contributed by atoms with Crippen LogP contribution in [0.5, 0.6) is 0 Å². The maximum absolute atomic E-state index is 12.3. The highest BCUT2D eigenvalue weighted by Gasteiger charge is 2.27. The molecule has 1 amide bonds. The lowest BCUT2D eigenvalue weighted by Gasteiger charge is -2.26. The molecule has 5 nitrogen and oxygen atoms in total. The average molecular weight is 342 g/mol. The standard InChI is InChI=1S/C18H22N4OS/c23-16(19-18-21-20-17(24-18)15-8-9-15)14-6-4-13(5-7-14)12-22-10-2-1-3-11-22/h4-7,15H,1-3,8-12H2,(H,19,21,23). The molecule has 2 aliphatic rings. The van der Waals surface area contributed by atoms with Gasteiger partial charge in [-0.1, -0.05) is 29.9 Å². The van der Waals surface area contributed by atoms with Gasteiger partial charge in [-0.15, -0.1) is 10.2 Å². The van der Waals surface area contributed by atoms with E-state index in [1.807, 2.05) is 12.1 Å². The molecule has 1 saturated heterocycles. The Labute approximate surface area is 146 Å². The number of rotatable bonds is 5. The predicted octanol–water partition coefficient (Wildman–Crippen LogP) is 3.65. The summed E-state index contributed by atoms with van der Waals surface area (Å²) in [5.74, 6) is 0.459. The number of carbonyl (C=O) groups excluding carboxylic acids is 1. The van der Waals surface area contributed by atoms with E-state index >= 15 is 0 Å². The summed E-state index contributed by atoms with van der Waals surface area (Å²) >= 11 is 1.49.